The van der Waals surface area contributed by atoms with Crippen LogP contribution in [0.2, 0.25) is 0 Å². The van der Waals surface area contributed by atoms with E-state index in [1.54, 1.807) is 16.8 Å². The number of hydrogen-bond donors (Lipinski definition) is 0. The Balaban J connectivity index is 2.17. The summed E-state index contributed by atoms with van der Waals surface area (Å²) < 4.78 is 28.8. The molecule has 3 rings (SSSR count). The number of hydrogen-bond acceptors (Lipinski definition) is 3. The second kappa shape index (κ2) is 5.13. The van der Waals surface area contributed by atoms with E-state index in [9.17, 15) is 8.78 Å². The standard InChI is InChI=1S/C13H9ClF2N4/c14-5-12-19-13-10(16)3-8(15)4-11(13)20(12)6-9-1-2-17-7-18-9/h1-4,7H,5-6H2. The minimum absolute atomic E-state index is 0.0980. The lowest BCUT2D eigenvalue weighted by Gasteiger charge is -2.07. The van der Waals surface area contributed by atoms with Gasteiger partial charge in [0.2, 0.25) is 0 Å². The fourth-order valence-electron chi connectivity index (χ4n) is 2.05. The van der Waals surface area contributed by atoms with Crippen LogP contribution in [0.5, 0.6) is 0 Å². The number of rotatable bonds is 3. The topological polar surface area (TPSA) is 43.6 Å². The number of nitrogens with zero attached hydrogens (tertiary/aromatic N) is 4. The molecule has 0 fully saturated rings. The fourth-order valence-corrected chi connectivity index (χ4v) is 2.25. The largest absolute Gasteiger partial charge is 0.321 e. The highest BCUT2D eigenvalue weighted by Crippen LogP contribution is 2.22. The highest BCUT2D eigenvalue weighted by molar-refractivity contribution is 6.16. The molecule has 4 nitrogen and oxygen atoms in total. The van der Waals surface area contributed by atoms with Gasteiger partial charge in [-0.05, 0) is 12.1 Å². The fraction of sp³-hybridized carbons (Fsp3) is 0.154. The Labute approximate surface area is 118 Å². The molecule has 2 aromatic heterocycles. The lowest BCUT2D eigenvalue weighted by Crippen LogP contribution is -2.05. The molecule has 0 aliphatic rings. The summed E-state index contributed by atoms with van der Waals surface area (Å²) in [7, 11) is 0. The van der Waals surface area contributed by atoms with Crippen LogP contribution < -0.4 is 0 Å². The first-order valence-corrected chi connectivity index (χ1v) is 6.37. The third-order valence-corrected chi connectivity index (χ3v) is 3.17. The maximum atomic E-state index is 13.7. The molecule has 0 bridgehead atoms. The summed E-state index contributed by atoms with van der Waals surface area (Å²) in [6.07, 6.45) is 3.01. The molecule has 1 aromatic carbocycles. The van der Waals surface area contributed by atoms with E-state index in [0.29, 0.717) is 23.6 Å². The van der Waals surface area contributed by atoms with Gasteiger partial charge < -0.3 is 4.57 Å². The molecule has 0 saturated carbocycles. The third kappa shape index (κ3) is 2.22. The van der Waals surface area contributed by atoms with Crippen molar-refractivity contribution in [1.29, 1.82) is 0 Å². The number of alkyl halides is 1. The van der Waals surface area contributed by atoms with E-state index in [-0.39, 0.29) is 11.4 Å². The first kappa shape index (κ1) is 12.9. The highest BCUT2D eigenvalue weighted by Gasteiger charge is 2.15. The Bertz CT molecular complexity index is 758. The summed E-state index contributed by atoms with van der Waals surface area (Å²) in [4.78, 5) is 12.0. The molecule has 0 aliphatic carbocycles. The summed E-state index contributed by atoms with van der Waals surface area (Å²) in [5.74, 6) is -0.793. The molecule has 0 spiro atoms. The SMILES string of the molecule is Fc1cc(F)c2nc(CCl)n(Cc3ccncn3)c2c1. The summed E-state index contributed by atoms with van der Waals surface area (Å²) in [6.45, 7) is 0.323. The summed E-state index contributed by atoms with van der Waals surface area (Å²) >= 11 is 5.83. The maximum Gasteiger partial charge on any atom is 0.153 e. The maximum absolute atomic E-state index is 13.7. The normalized spacial score (nSPS) is 11.2. The predicted molar refractivity (Wildman–Crippen MR) is 70.3 cm³/mol. The van der Waals surface area contributed by atoms with Crippen molar-refractivity contribution >= 4 is 22.6 Å². The minimum Gasteiger partial charge on any atom is -0.321 e. The van der Waals surface area contributed by atoms with Crippen molar-refractivity contribution in [3.63, 3.8) is 0 Å². The van der Waals surface area contributed by atoms with Crippen molar-refractivity contribution in [3.8, 4) is 0 Å². The highest BCUT2D eigenvalue weighted by atomic mass is 35.5. The van der Waals surface area contributed by atoms with Crippen molar-refractivity contribution in [2.45, 2.75) is 12.4 Å². The second-order valence-electron chi connectivity index (χ2n) is 4.20. The Morgan fingerprint density at radius 1 is 1.25 bits per heavy atom. The first-order valence-electron chi connectivity index (χ1n) is 5.84. The lowest BCUT2D eigenvalue weighted by molar-refractivity contribution is 0.590. The third-order valence-electron chi connectivity index (χ3n) is 2.93. The molecular weight excluding hydrogens is 286 g/mol. The minimum atomic E-state index is -0.701. The zero-order chi connectivity index (χ0) is 14.1. The van der Waals surface area contributed by atoms with Gasteiger partial charge in [0.25, 0.3) is 0 Å². The Hall–Kier alpha value is -2.08. The van der Waals surface area contributed by atoms with E-state index in [2.05, 4.69) is 15.0 Å². The van der Waals surface area contributed by atoms with Crippen molar-refractivity contribution in [2.75, 3.05) is 0 Å². The van der Waals surface area contributed by atoms with Crippen LogP contribution in [-0.2, 0) is 12.4 Å². The second-order valence-corrected chi connectivity index (χ2v) is 4.47. The van der Waals surface area contributed by atoms with E-state index in [4.69, 9.17) is 11.6 Å². The molecule has 20 heavy (non-hydrogen) atoms. The van der Waals surface area contributed by atoms with Crippen LogP contribution in [0.3, 0.4) is 0 Å². The average Bonchev–Trinajstić information content (AvgIpc) is 2.78. The number of imidazole rings is 1. The smallest absolute Gasteiger partial charge is 0.153 e. The monoisotopic (exact) mass is 294 g/mol. The van der Waals surface area contributed by atoms with E-state index in [1.165, 1.54) is 12.4 Å². The molecule has 0 aliphatic heterocycles. The van der Waals surface area contributed by atoms with Crippen LogP contribution >= 0.6 is 11.6 Å². The van der Waals surface area contributed by atoms with Gasteiger partial charge in [0.1, 0.15) is 23.5 Å². The Morgan fingerprint density at radius 3 is 2.80 bits per heavy atom. The molecular formula is C13H9ClF2N4. The molecule has 102 valence electrons. The summed E-state index contributed by atoms with van der Waals surface area (Å²) in [5, 5.41) is 0. The van der Waals surface area contributed by atoms with E-state index < -0.39 is 11.6 Å². The van der Waals surface area contributed by atoms with Gasteiger partial charge >= 0.3 is 0 Å². The molecule has 3 aromatic rings. The molecule has 0 saturated heterocycles. The number of halogens is 3. The molecule has 0 atom stereocenters. The Kier molecular flexibility index (Phi) is 3.31. The van der Waals surface area contributed by atoms with Crippen LogP contribution in [0.25, 0.3) is 11.0 Å². The van der Waals surface area contributed by atoms with Crippen molar-refractivity contribution in [1.82, 2.24) is 19.5 Å². The van der Waals surface area contributed by atoms with Gasteiger partial charge in [-0.2, -0.15) is 0 Å². The molecule has 0 radical (unpaired) electrons. The van der Waals surface area contributed by atoms with Crippen LogP contribution in [-0.4, -0.2) is 19.5 Å². The zero-order valence-electron chi connectivity index (χ0n) is 10.2. The number of aromatic nitrogens is 4. The van der Waals surface area contributed by atoms with Crippen molar-refractivity contribution in [3.05, 3.63) is 53.9 Å². The number of benzene rings is 1. The molecule has 7 heteroatoms. The average molecular weight is 295 g/mol. The first-order chi connectivity index (χ1) is 9.69. The summed E-state index contributed by atoms with van der Waals surface area (Å²) in [5.41, 5.74) is 1.17. The van der Waals surface area contributed by atoms with Gasteiger partial charge in [-0.15, -0.1) is 11.6 Å². The summed E-state index contributed by atoms with van der Waals surface area (Å²) in [6, 6.07) is 3.77. The van der Waals surface area contributed by atoms with E-state index >= 15 is 0 Å². The van der Waals surface area contributed by atoms with Gasteiger partial charge in [0.15, 0.2) is 5.82 Å². The van der Waals surface area contributed by atoms with Crippen LogP contribution in [0, 0.1) is 11.6 Å². The van der Waals surface area contributed by atoms with Gasteiger partial charge in [0.05, 0.1) is 23.6 Å². The lowest BCUT2D eigenvalue weighted by atomic mass is 10.3. The van der Waals surface area contributed by atoms with Crippen molar-refractivity contribution < 1.29 is 8.78 Å². The van der Waals surface area contributed by atoms with Crippen LogP contribution in [0.1, 0.15) is 11.5 Å². The van der Waals surface area contributed by atoms with Crippen LogP contribution in [0.4, 0.5) is 8.78 Å². The van der Waals surface area contributed by atoms with Gasteiger partial charge in [-0.1, -0.05) is 0 Å². The predicted octanol–water partition coefficient (Wildman–Crippen LogP) is 2.89. The molecule has 2 heterocycles. The molecule has 0 amide bonds. The van der Waals surface area contributed by atoms with Gasteiger partial charge in [-0.25, -0.2) is 23.7 Å². The molecule has 0 unspecified atom stereocenters. The number of fused-ring (bicyclic) bond motifs is 1. The van der Waals surface area contributed by atoms with Crippen molar-refractivity contribution in [2.24, 2.45) is 0 Å². The van der Waals surface area contributed by atoms with Gasteiger partial charge in [-0.3, -0.25) is 0 Å². The van der Waals surface area contributed by atoms with Gasteiger partial charge in [0, 0.05) is 12.3 Å². The van der Waals surface area contributed by atoms with E-state index in [0.717, 1.165) is 6.07 Å². The quantitative estimate of drug-likeness (QED) is 0.698. The zero-order valence-corrected chi connectivity index (χ0v) is 11.0. The van der Waals surface area contributed by atoms with E-state index in [1.807, 2.05) is 0 Å². The van der Waals surface area contributed by atoms with Crippen LogP contribution in [0.15, 0.2) is 30.7 Å². The molecule has 0 N–H and O–H groups in total. The Morgan fingerprint density at radius 2 is 2.10 bits per heavy atom.